The van der Waals surface area contributed by atoms with Crippen LogP contribution < -0.4 is 11.1 Å². The first-order chi connectivity index (χ1) is 25.7. The van der Waals surface area contributed by atoms with E-state index in [9.17, 15) is 42.9 Å². The van der Waals surface area contributed by atoms with Gasteiger partial charge in [-0.15, -0.1) is 0 Å². The number of sulfone groups is 1. The van der Waals surface area contributed by atoms with Gasteiger partial charge in [-0.3, -0.25) is 14.4 Å². The molecule has 300 valence electrons. The van der Waals surface area contributed by atoms with Crippen molar-refractivity contribution in [3.63, 3.8) is 0 Å². The number of benzene rings is 2. The molecule has 0 saturated heterocycles. The summed E-state index contributed by atoms with van der Waals surface area (Å²) in [5, 5.41) is 34.1. The molecule has 0 spiro atoms. The molecule has 2 aromatic carbocycles. The maximum absolute atomic E-state index is 14.3. The zero-order valence-electron chi connectivity index (χ0n) is 32.2. The molecule has 1 aliphatic rings. The van der Waals surface area contributed by atoms with Crippen molar-refractivity contribution in [1.29, 1.82) is 0 Å². The number of fused-ring (bicyclic) bond motifs is 5. The number of rotatable bonds is 20. The average molecular weight is 772 g/mol. The predicted octanol–water partition coefficient (Wildman–Crippen LogP) is 6.07. The number of nitrogens with two attached hydrogens (primary N) is 1. The van der Waals surface area contributed by atoms with Crippen LogP contribution in [0.15, 0.2) is 36.4 Å². The molecule has 0 aromatic heterocycles. The average Bonchev–Trinajstić information content (AvgIpc) is 3.12. The summed E-state index contributed by atoms with van der Waals surface area (Å²) < 4.78 is 26.9. The van der Waals surface area contributed by atoms with E-state index in [1.807, 2.05) is 0 Å². The second-order valence-corrected chi connectivity index (χ2v) is 17.2. The summed E-state index contributed by atoms with van der Waals surface area (Å²) in [5.41, 5.74) is 6.78. The first-order valence-electron chi connectivity index (χ1n) is 19.6. The molecule has 54 heavy (non-hydrogen) atoms. The molecule has 12 nitrogen and oxygen atoms in total. The highest BCUT2D eigenvalue weighted by Crippen LogP contribution is 2.39. The van der Waals surface area contributed by atoms with Gasteiger partial charge in [0.25, 0.3) is 0 Å². The molecule has 0 fully saturated rings. The van der Waals surface area contributed by atoms with Crippen molar-refractivity contribution >= 4 is 33.4 Å². The largest absolute Gasteiger partial charge is 0.507 e. The van der Waals surface area contributed by atoms with Crippen LogP contribution in [0.5, 0.6) is 11.5 Å². The van der Waals surface area contributed by atoms with Gasteiger partial charge in [0.1, 0.15) is 23.6 Å². The van der Waals surface area contributed by atoms with E-state index < -0.39 is 57.3 Å². The Morgan fingerprint density at radius 2 is 1.46 bits per heavy atom. The topological polar surface area (TPSA) is 204 Å². The Morgan fingerprint density at radius 1 is 0.870 bits per heavy atom. The molecule has 0 saturated carbocycles. The van der Waals surface area contributed by atoms with Gasteiger partial charge in [0.15, 0.2) is 15.6 Å². The number of Topliss-reactive ketones (excluding diaryl/α,β-unsaturated/α-hetero) is 1. The molecule has 0 radical (unpaired) electrons. The van der Waals surface area contributed by atoms with Crippen LogP contribution in [0.4, 0.5) is 0 Å². The summed E-state index contributed by atoms with van der Waals surface area (Å²) >= 11 is 0. The molecule has 1 heterocycles. The lowest BCUT2D eigenvalue weighted by molar-refractivity contribution is -0.143. The quantitative estimate of drug-likeness (QED) is 0.0984. The minimum Gasteiger partial charge on any atom is -0.507 e. The highest BCUT2D eigenvalue weighted by molar-refractivity contribution is 7.91. The summed E-state index contributed by atoms with van der Waals surface area (Å²) in [6.07, 6.45) is 11.5. The van der Waals surface area contributed by atoms with E-state index in [0.717, 1.165) is 25.7 Å². The molecule has 3 rings (SSSR count). The van der Waals surface area contributed by atoms with Gasteiger partial charge in [0.2, 0.25) is 11.8 Å². The third kappa shape index (κ3) is 13.4. The van der Waals surface area contributed by atoms with Crippen molar-refractivity contribution < 1.29 is 42.9 Å². The van der Waals surface area contributed by atoms with E-state index in [2.05, 4.69) is 12.2 Å². The monoisotopic (exact) mass is 771 g/mol. The summed E-state index contributed by atoms with van der Waals surface area (Å²) in [4.78, 5) is 55.1. The van der Waals surface area contributed by atoms with Crippen molar-refractivity contribution in [2.24, 2.45) is 17.6 Å². The number of nitrogens with one attached hydrogen (secondary N) is 1. The van der Waals surface area contributed by atoms with Crippen LogP contribution in [0.1, 0.15) is 121 Å². The summed E-state index contributed by atoms with van der Waals surface area (Å²) in [6.45, 7) is 4.06. The van der Waals surface area contributed by atoms with E-state index in [-0.39, 0.29) is 59.0 Å². The minimum absolute atomic E-state index is 0.0376. The van der Waals surface area contributed by atoms with Crippen molar-refractivity contribution in [1.82, 2.24) is 10.2 Å². The molecule has 2 amide bonds. The second-order valence-electron chi connectivity index (χ2n) is 14.9. The number of hydrogen-bond donors (Lipinski definition) is 5. The van der Waals surface area contributed by atoms with Crippen molar-refractivity contribution in [3.05, 3.63) is 47.5 Å². The first kappa shape index (κ1) is 44.4. The normalized spacial score (nSPS) is 18.4. The third-order valence-corrected chi connectivity index (χ3v) is 12.2. The lowest BCUT2D eigenvalue weighted by Crippen LogP contribution is -2.46. The van der Waals surface area contributed by atoms with E-state index in [0.29, 0.717) is 31.4 Å². The number of hydrogen-bond acceptors (Lipinski definition) is 9. The zero-order valence-corrected chi connectivity index (χ0v) is 33.0. The Bertz CT molecular complexity index is 1680. The Labute approximate surface area is 320 Å². The Balaban J connectivity index is 1.91. The van der Waals surface area contributed by atoms with Gasteiger partial charge in [0.05, 0.1) is 17.4 Å². The van der Waals surface area contributed by atoms with Gasteiger partial charge >= 0.3 is 5.97 Å². The van der Waals surface area contributed by atoms with Gasteiger partial charge < -0.3 is 31.3 Å². The van der Waals surface area contributed by atoms with E-state index in [1.54, 1.807) is 0 Å². The van der Waals surface area contributed by atoms with Gasteiger partial charge in [-0.25, -0.2) is 13.2 Å². The van der Waals surface area contributed by atoms with Crippen LogP contribution in [-0.4, -0.2) is 83.3 Å². The first-order valence-corrected chi connectivity index (χ1v) is 21.4. The second kappa shape index (κ2) is 21.8. The van der Waals surface area contributed by atoms with E-state index >= 15 is 0 Å². The van der Waals surface area contributed by atoms with Crippen molar-refractivity contribution in [2.75, 3.05) is 25.1 Å². The number of nitrogens with zero attached hydrogens (tertiary/aromatic N) is 1. The summed E-state index contributed by atoms with van der Waals surface area (Å²) in [6, 6.07) is 6.05. The Kier molecular flexibility index (Phi) is 17.9. The SMILES string of the molecule is CCCCCCCCCCCCS(=O)(=O)C[C@@H](CCCCN)C(=O)N(C)[C@@H]1C(=O)C[C@@H](C)C(=O)N[C@H](C(=O)O)Cc2ccc(O)c(c2)-c2cc1ccc2O. The molecule has 4 atom stereocenters. The lowest BCUT2D eigenvalue weighted by Gasteiger charge is -2.32. The van der Waals surface area contributed by atoms with Crippen LogP contribution >= 0.6 is 0 Å². The number of phenolic OH excluding ortho intramolecular Hbond substituents is 2. The maximum Gasteiger partial charge on any atom is 0.326 e. The fourth-order valence-corrected chi connectivity index (χ4v) is 8.91. The van der Waals surface area contributed by atoms with Crippen molar-refractivity contribution in [2.45, 2.75) is 122 Å². The van der Waals surface area contributed by atoms with E-state index in [4.69, 9.17) is 5.73 Å². The molecule has 0 unspecified atom stereocenters. The Morgan fingerprint density at radius 3 is 2.07 bits per heavy atom. The number of unbranched alkanes of at least 4 members (excludes halogenated alkanes) is 10. The fourth-order valence-electron chi connectivity index (χ4n) is 7.17. The number of likely N-dealkylation sites (N-methyl/N-ethyl adjacent to an activating group) is 1. The molecule has 4 bridgehead atoms. The van der Waals surface area contributed by atoms with Crippen LogP contribution in [0.2, 0.25) is 0 Å². The molecular weight excluding hydrogens is 711 g/mol. The number of carbonyl (C=O) groups excluding carboxylic acids is 3. The summed E-state index contributed by atoms with van der Waals surface area (Å²) in [5.74, 6) is -5.84. The van der Waals surface area contributed by atoms with Gasteiger partial charge in [0, 0.05) is 36.9 Å². The molecule has 13 heteroatoms. The number of aromatic hydroxyl groups is 2. The van der Waals surface area contributed by atoms with Crippen LogP contribution in [0, 0.1) is 11.8 Å². The number of phenols is 2. The van der Waals surface area contributed by atoms with Gasteiger partial charge in [-0.1, -0.05) is 90.2 Å². The number of carboxylic acid groups (broad SMARTS) is 1. The van der Waals surface area contributed by atoms with Gasteiger partial charge in [-0.2, -0.15) is 0 Å². The standard InChI is InChI=1S/C41H61N3O9S/c1-4-5-6-7-8-9-10-11-12-15-22-54(52,53)27-31(16-13-14-21-42)40(49)44(3)38-30-18-20-36(46)33(26-30)32-24-29(17-19-35(32)45)25-34(41(50)51)43-39(48)28(2)23-37(38)47/h17-20,24,26,28,31,34,38,45-46H,4-16,21-23,25,27,42H2,1-3H3,(H,43,48)(H,50,51)/t28-,31-,34+,38+/m1/s1. The molecule has 6 N–H and O–H groups in total. The zero-order chi connectivity index (χ0) is 39.8. The number of aliphatic carboxylic acids is 1. The highest BCUT2D eigenvalue weighted by atomic mass is 32.2. The summed E-state index contributed by atoms with van der Waals surface area (Å²) in [7, 11) is -2.21. The van der Waals surface area contributed by atoms with Crippen molar-refractivity contribution in [3.8, 4) is 22.6 Å². The number of ketones is 1. The fraction of sp³-hybridized carbons (Fsp3) is 0.610. The van der Waals surface area contributed by atoms with Gasteiger partial charge in [-0.05, 0) is 61.2 Å². The van der Waals surface area contributed by atoms with E-state index in [1.165, 1.54) is 87.4 Å². The van der Waals surface area contributed by atoms with Crippen LogP contribution in [-0.2, 0) is 35.4 Å². The highest BCUT2D eigenvalue weighted by Gasteiger charge is 2.36. The molecule has 1 aliphatic heterocycles. The minimum atomic E-state index is -3.64. The smallest absolute Gasteiger partial charge is 0.326 e. The van der Waals surface area contributed by atoms with Crippen LogP contribution in [0.25, 0.3) is 11.1 Å². The number of carboxylic acids is 1. The molecule has 0 aliphatic carbocycles. The Hall–Kier alpha value is -3.97. The maximum atomic E-state index is 14.3. The number of amides is 2. The lowest BCUT2D eigenvalue weighted by atomic mass is 9.89. The molecule has 2 aromatic rings. The van der Waals surface area contributed by atoms with Crippen LogP contribution in [0.3, 0.4) is 0 Å². The molecular formula is C41H61N3O9S. The predicted molar refractivity (Wildman–Crippen MR) is 210 cm³/mol. The third-order valence-electron chi connectivity index (χ3n) is 10.4. The number of carbonyl (C=O) groups is 4.